The van der Waals surface area contributed by atoms with Gasteiger partial charge in [-0.15, -0.1) is 0 Å². The van der Waals surface area contributed by atoms with Gasteiger partial charge in [-0.2, -0.15) is 0 Å². The summed E-state index contributed by atoms with van der Waals surface area (Å²) in [6, 6.07) is 11.6. The van der Waals surface area contributed by atoms with Crippen molar-refractivity contribution in [1.82, 2.24) is 0 Å². The molecule has 142 valence electrons. The Hall–Kier alpha value is -1.01. The lowest BCUT2D eigenvalue weighted by Gasteiger charge is -2.28. The van der Waals surface area contributed by atoms with Crippen molar-refractivity contribution in [1.29, 1.82) is 0 Å². The van der Waals surface area contributed by atoms with Crippen LogP contribution in [0.5, 0.6) is 5.75 Å². The van der Waals surface area contributed by atoms with Crippen molar-refractivity contribution in [2.45, 2.75) is 39.3 Å². The highest BCUT2D eigenvalue weighted by Gasteiger charge is 2.28. The van der Waals surface area contributed by atoms with Gasteiger partial charge in [0.2, 0.25) is 0 Å². The largest absolute Gasteiger partial charge is 0.467 e. The third-order valence-corrected chi connectivity index (χ3v) is 9.55. The Morgan fingerprint density at radius 1 is 0.923 bits per heavy atom. The fraction of sp³-hybridized carbons (Fsp3) is 0.400. The first kappa shape index (κ1) is 21.3. The number of hydrogen-bond donors (Lipinski definition) is 0. The number of benzene rings is 2. The summed E-state index contributed by atoms with van der Waals surface area (Å²) in [5, 5.41) is 4.51. The molecule has 2 nitrogen and oxygen atoms in total. The van der Waals surface area contributed by atoms with Gasteiger partial charge >= 0.3 is 0 Å². The Morgan fingerprint density at radius 3 is 2.12 bits per heavy atom. The molecule has 0 amide bonds. The van der Waals surface area contributed by atoms with Crippen molar-refractivity contribution < 1.29 is 13.9 Å². The van der Waals surface area contributed by atoms with Crippen LogP contribution in [0.25, 0.3) is 0 Å². The van der Waals surface area contributed by atoms with Gasteiger partial charge in [0.25, 0.3) is 0 Å². The summed E-state index contributed by atoms with van der Waals surface area (Å²) < 4.78 is 25.5. The molecule has 1 atom stereocenters. The lowest BCUT2D eigenvalue weighted by Crippen LogP contribution is -2.48. The Morgan fingerprint density at radius 2 is 1.58 bits per heavy atom. The van der Waals surface area contributed by atoms with E-state index >= 15 is 0 Å². The van der Waals surface area contributed by atoms with Crippen molar-refractivity contribution in [3.05, 3.63) is 42.2 Å². The lowest BCUT2D eigenvalue weighted by molar-refractivity contribution is 0.0526. The molecule has 2 aromatic rings. The van der Waals surface area contributed by atoms with E-state index in [0.29, 0.717) is 0 Å². The first-order valence-electron chi connectivity index (χ1n) is 8.86. The Bertz CT molecular complexity index is 767. The van der Waals surface area contributed by atoms with E-state index in [1.54, 1.807) is 13.2 Å². The molecule has 0 fully saturated rings. The zero-order valence-corrected chi connectivity index (χ0v) is 19.9. The molecule has 0 saturated carbocycles. The summed E-state index contributed by atoms with van der Waals surface area (Å²) in [7, 11) is -1.31. The van der Waals surface area contributed by atoms with Gasteiger partial charge < -0.3 is 9.47 Å². The average molecular weight is 409 g/mol. The highest BCUT2D eigenvalue weighted by molar-refractivity contribution is 7.55. The molecule has 1 unspecified atom stereocenters. The minimum atomic E-state index is -1.65. The first-order chi connectivity index (χ1) is 12.0. The maximum Gasteiger partial charge on any atom is 0.188 e. The molecule has 0 bridgehead atoms. The van der Waals surface area contributed by atoms with E-state index in [-0.39, 0.29) is 21.2 Å². The molecule has 0 radical (unpaired) electrons. The molecule has 0 heterocycles. The number of rotatable bonds is 7. The van der Waals surface area contributed by atoms with Crippen molar-refractivity contribution in [3.8, 4) is 5.75 Å². The molecule has 2 aromatic carbocycles. The second-order valence-corrected chi connectivity index (χ2v) is 20.0. The van der Waals surface area contributed by atoms with Gasteiger partial charge in [0.15, 0.2) is 6.79 Å². The maximum atomic E-state index is 14.3. The minimum absolute atomic E-state index is 0.156. The summed E-state index contributed by atoms with van der Waals surface area (Å²) in [5.74, 6) is 0.742. The van der Waals surface area contributed by atoms with Crippen LogP contribution < -0.4 is 25.7 Å². The van der Waals surface area contributed by atoms with E-state index < -0.39 is 16.1 Å². The van der Waals surface area contributed by atoms with Gasteiger partial charge in [-0.1, -0.05) is 83.4 Å². The smallest absolute Gasteiger partial charge is 0.188 e. The van der Waals surface area contributed by atoms with Crippen LogP contribution in [-0.4, -0.2) is 30.1 Å². The fourth-order valence-electron chi connectivity index (χ4n) is 2.69. The number of ether oxygens (including phenoxy) is 2. The molecule has 0 N–H and O–H groups in total. The average Bonchev–Trinajstić information content (AvgIpc) is 2.53. The second-order valence-electron chi connectivity index (χ2n) is 8.56. The van der Waals surface area contributed by atoms with Crippen LogP contribution >= 0.6 is 8.58 Å². The number of halogens is 1. The first-order valence-corrected chi connectivity index (χ1v) is 16.9. The van der Waals surface area contributed by atoms with Crippen molar-refractivity contribution in [3.63, 3.8) is 0 Å². The molecule has 0 aliphatic rings. The molecule has 0 aromatic heterocycles. The predicted octanol–water partition coefficient (Wildman–Crippen LogP) is 3.53. The van der Waals surface area contributed by atoms with E-state index in [1.165, 1.54) is 16.4 Å². The van der Waals surface area contributed by atoms with Crippen LogP contribution in [0.4, 0.5) is 4.39 Å². The van der Waals surface area contributed by atoms with Crippen molar-refractivity contribution in [2.24, 2.45) is 0 Å². The third kappa shape index (κ3) is 5.26. The van der Waals surface area contributed by atoms with Crippen LogP contribution in [0.15, 0.2) is 36.4 Å². The summed E-state index contributed by atoms with van der Waals surface area (Å²) in [6.45, 7) is 14.2. The van der Waals surface area contributed by atoms with E-state index in [4.69, 9.17) is 9.47 Å². The molecular formula is C20H30FO2PSi2. The summed E-state index contributed by atoms with van der Waals surface area (Å²) >= 11 is 0. The molecular weight excluding hydrogens is 378 g/mol. The van der Waals surface area contributed by atoms with Gasteiger partial charge in [0.1, 0.15) is 11.6 Å². The van der Waals surface area contributed by atoms with Gasteiger partial charge in [-0.25, -0.2) is 4.39 Å². The van der Waals surface area contributed by atoms with Crippen molar-refractivity contribution >= 4 is 45.7 Å². The molecule has 0 saturated heterocycles. The summed E-state index contributed by atoms with van der Waals surface area (Å²) in [4.78, 5) is 0. The zero-order valence-electron chi connectivity index (χ0n) is 16.9. The van der Waals surface area contributed by atoms with Crippen LogP contribution in [0.2, 0.25) is 39.3 Å². The highest BCUT2D eigenvalue weighted by Crippen LogP contribution is 2.22. The molecule has 0 aliphatic carbocycles. The summed E-state index contributed by atoms with van der Waals surface area (Å²) in [6.07, 6.45) is 0. The number of methoxy groups -OCH3 is 1. The van der Waals surface area contributed by atoms with Gasteiger partial charge in [0.05, 0.1) is 16.1 Å². The standard InChI is InChI=1S/C20H30FO2PSi2/c1-22-14-23-20-18(24-17-11-9-8-10-16(17)21)12-15(25(2,3)4)13-19(20)26(5,6)7/h8-13,24H,14H2,1-7H3. The zero-order chi connectivity index (χ0) is 19.5. The molecule has 6 heteroatoms. The third-order valence-electron chi connectivity index (χ3n) is 4.23. The van der Waals surface area contributed by atoms with Crippen molar-refractivity contribution in [2.75, 3.05) is 13.9 Å². The number of hydrogen-bond acceptors (Lipinski definition) is 2. The Balaban J connectivity index is 2.67. The van der Waals surface area contributed by atoms with E-state index in [1.807, 2.05) is 12.1 Å². The van der Waals surface area contributed by atoms with E-state index in [9.17, 15) is 4.39 Å². The van der Waals surface area contributed by atoms with Gasteiger partial charge in [-0.3, -0.25) is 0 Å². The second kappa shape index (κ2) is 8.34. The molecule has 0 aliphatic heterocycles. The Kier molecular flexibility index (Phi) is 6.83. The van der Waals surface area contributed by atoms with Gasteiger partial charge in [0, 0.05) is 17.7 Å². The van der Waals surface area contributed by atoms with Crippen LogP contribution in [0.1, 0.15) is 0 Å². The summed E-state index contributed by atoms with van der Waals surface area (Å²) in [5.41, 5.74) is 0. The molecule has 0 spiro atoms. The molecule has 26 heavy (non-hydrogen) atoms. The topological polar surface area (TPSA) is 18.5 Å². The van der Waals surface area contributed by atoms with E-state index in [2.05, 4.69) is 51.4 Å². The van der Waals surface area contributed by atoms with Crippen LogP contribution in [0, 0.1) is 5.82 Å². The fourth-order valence-corrected chi connectivity index (χ4v) is 6.96. The van der Waals surface area contributed by atoms with Gasteiger partial charge in [-0.05, 0) is 11.3 Å². The predicted molar refractivity (Wildman–Crippen MR) is 119 cm³/mol. The minimum Gasteiger partial charge on any atom is -0.467 e. The van der Waals surface area contributed by atoms with Crippen LogP contribution in [0.3, 0.4) is 0 Å². The maximum absolute atomic E-state index is 14.3. The van der Waals surface area contributed by atoms with Crippen LogP contribution in [-0.2, 0) is 4.74 Å². The normalized spacial score (nSPS) is 12.8. The van der Waals surface area contributed by atoms with E-state index in [0.717, 1.165) is 16.4 Å². The SMILES string of the molecule is COCOc1c(Pc2ccccc2F)cc([Si](C)(C)C)cc1[Si](C)(C)C. The monoisotopic (exact) mass is 408 g/mol. The Labute approximate surface area is 160 Å². The molecule has 2 rings (SSSR count). The quantitative estimate of drug-likeness (QED) is 0.396. The lowest BCUT2D eigenvalue weighted by atomic mass is 10.3. The highest BCUT2D eigenvalue weighted by atomic mass is 31.1.